The van der Waals surface area contributed by atoms with Gasteiger partial charge in [0.1, 0.15) is 0 Å². The Kier molecular flexibility index (Phi) is 6.10. The molecule has 1 N–H and O–H groups in total. The van der Waals surface area contributed by atoms with Crippen LogP contribution in [0.4, 0.5) is 8.78 Å². The second-order valence-electron chi connectivity index (χ2n) is 5.26. The molecule has 0 aromatic rings. The van der Waals surface area contributed by atoms with Crippen LogP contribution in [0.1, 0.15) is 52.4 Å². The van der Waals surface area contributed by atoms with Gasteiger partial charge in [-0.1, -0.05) is 18.6 Å². The lowest BCUT2D eigenvalue weighted by Gasteiger charge is -2.11. The highest BCUT2D eigenvalue weighted by atomic mass is 19.3. The molecule has 1 rings (SSSR count). The van der Waals surface area contributed by atoms with Crippen LogP contribution in [0.2, 0.25) is 0 Å². The first kappa shape index (κ1) is 14.6. The summed E-state index contributed by atoms with van der Waals surface area (Å²) in [6, 6.07) is 0. The molecule has 0 aromatic carbocycles. The molecule has 0 aromatic heterocycles. The average Bonchev–Trinajstić information content (AvgIpc) is 2.57. The summed E-state index contributed by atoms with van der Waals surface area (Å²) in [6.07, 6.45) is 6.07. The molecule has 0 saturated heterocycles. The molecule has 0 bridgehead atoms. The molecule has 17 heavy (non-hydrogen) atoms. The van der Waals surface area contributed by atoms with Crippen molar-refractivity contribution in [3.05, 3.63) is 11.6 Å². The van der Waals surface area contributed by atoms with Gasteiger partial charge in [-0.2, -0.15) is 0 Å². The second-order valence-corrected chi connectivity index (χ2v) is 5.26. The van der Waals surface area contributed by atoms with Crippen LogP contribution in [0.15, 0.2) is 11.6 Å². The average molecular weight is 245 g/mol. The number of halogens is 2. The molecule has 3 heteroatoms. The highest BCUT2D eigenvalue weighted by molar-refractivity contribution is 5.01. The van der Waals surface area contributed by atoms with Gasteiger partial charge in [0.25, 0.3) is 0 Å². The van der Waals surface area contributed by atoms with Crippen LogP contribution in [0.5, 0.6) is 0 Å². The van der Waals surface area contributed by atoms with E-state index in [9.17, 15) is 8.78 Å². The van der Waals surface area contributed by atoms with E-state index in [1.807, 2.05) is 0 Å². The lowest BCUT2D eigenvalue weighted by molar-refractivity contribution is 0.00509. The van der Waals surface area contributed by atoms with Crippen LogP contribution in [-0.2, 0) is 0 Å². The lowest BCUT2D eigenvalue weighted by Crippen LogP contribution is -2.15. The molecule has 1 saturated carbocycles. The normalized spacial score (nSPS) is 24.2. The van der Waals surface area contributed by atoms with E-state index in [4.69, 9.17) is 0 Å². The van der Waals surface area contributed by atoms with Crippen molar-refractivity contribution in [2.24, 2.45) is 5.92 Å². The fraction of sp³-hybridized carbons (Fsp3) is 0.857. The maximum atomic E-state index is 13.0. The Morgan fingerprint density at radius 2 is 2.18 bits per heavy atom. The van der Waals surface area contributed by atoms with Gasteiger partial charge in [0.2, 0.25) is 5.92 Å². The highest BCUT2D eigenvalue weighted by Gasteiger charge is 2.38. The number of allylic oxidation sites excluding steroid dienone is 1. The van der Waals surface area contributed by atoms with Crippen molar-refractivity contribution in [2.75, 3.05) is 13.1 Å². The van der Waals surface area contributed by atoms with Gasteiger partial charge in [-0.3, -0.25) is 0 Å². The summed E-state index contributed by atoms with van der Waals surface area (Å²) in [4.78, 5) is 0. The first-order valence-electron chi connectivity index (χ1n) is 6.77. The van der Waals surface area contributed by atoms with Gasteiger partial charge >= 0.3 is 0 Å². The molecule has 1 fully saturated rings. The van der Waals surface area contributed by atoms with Gasteiger partial charge < -0.3 is 5.32 Å². The number of hydrogen-bond donors (Lipinski definition) is 1. The molecule has 0 radical (unpaired) electrons. The fourth-order valence-corrected chi connectivity index (χ4v) is 2.48. The molecule has 1 aliphatic rings. The van der Waals surface area contributed by atoms with Crippen molar-refractivity contribution >= 4 is 0 Å². The highest BCUT2D eigenvalue weighted by Crippen LogP contribution is 2.41. The first-order chi connectivity index (χ1) is 8.03. The Morgan fingerprint density at radius 3 is 2.76 bits per heavy atom. The first-order valence-corrected chi connectivity index (χ1v) is 6.77. The quantitative estimate of drug-likeness (QED) is 0.525. The van der Waals surface area contributed by atoms with Gasteiger partial charge in [-0.05, 0) is 51.6 Å². The molecule has 0 aliphatic heterocycles. The van der Waals surface area contributed by atoms with Gasteiger partial charge in [0.05, 0.1) is 0 Å². The predicted octanol–water partition coefficient (Wildman–Crippen LogP) is 4.15. The molecule has 0 amide bonds. The third kappa shape index (κ3) is 6.16. The molecule has 100 valence electrons. The summed E-state index contributed by atoms with van der Waals surface area (Å²) in [5.74, 6) is -2.20. The zero-order chi connectivity index (χ0) is 12.7. The zero-order valence-electron chi connectivity index (χ0n) is 11.1. The number of nitrogens with one attached hydrogen (secondary N) is 1. The molecule has 0 spiro atoms. The van der Waals surface area contributed by atoms with Crippen molar-refractivity contribution < 1.29 is 8.78 Å². The van der Waals surface area contributed by atoms with Crippen molar-refractivity contribution in [1.29, 1.82) is 0 Å². The Bertz CT molecular complexity index is 249. The maximum Gasteiger partial charge on any atom is 0.248 e. The van der Waals surface area contributed by atoms with Crippen LogP contribution in [0.3, 0.4) is 0 Å². The second kappa shape index (κ2) is 7.10. The molecule has 1 atom stereocenters. The van der Waals surface area contributed by atoms with Crippen molar-refractivity contribution in [3.8, 4) is 0 Å². The minimum absolute atomic E-state index is 0.0863. The largest absolute Gasteiger partial charge is 0.316 e. The van der Waals surface area contributed by atoms with E-state index in [1.165, 1.54) is 5.57 Å². The van der Waals surface area contributed by atoms with Gasteiger partial charge in [0, 0.05) is 12.8 Å². The summed E-state index contributed by atoms with van der Waals surface area (Å²) >= 11 is 0. The SMILES string of the molecule is CCCNCC/C=C(/C)CC1CCC(F)(F)C1. The number of rotatable bonds is 7. The topological polar surface area (TPSA) is 12.0 Å². The van der Waals surface area contributed by atoms with Crippen molar-refractivity contribution in [2.45, 2.75) is 58.3 Å². The minimum Gasteiger partial charge on any atom is -0.316 e. The van der Waals surface area contributed by atoms with E-state index in [0.29, 0.717) is 6.42 Å². The van der Waals surface area contributed by atoms with Crippen LogP contribution in [-0.4, -0.2) is 19.0 Å². The van der Waals surface area contributed by atoms with Gasteiger partial charge in [-0.25, -0.2) is 8.78 Å². The van der Waals surface area contributed by atoms with E-state index < -0.39 is 5.92 Å². The smallest absolute Gasteiger partial charge is 0.248 e. The Morgan fingerprint density at radius 1 is 1.41 bits per heavy atom. The Labute approximate surface area is 104 Å². The van der Waals surface area contributed by atoms with E-state index in [1.54, 1.807) is 0 Å². The predicted molar refractivity (Wildman–Crippen MR) is 68.4 cm³/mol. The van der Waals surface area contributed by atoms with Crippen LogP contribution < -0.4 is 5.32 Å². The van der Waals surface area contributed by atoms with E-state index in [-0.39, 0.29) is 18.8 Å². The summed E-state index contributed by atoms with van der Waals surface area (Å²) in [6.45, 7) is 6.26. The van der Waals surface area contributed by atoms with Crippen LogP contribution in [0.25, 0.3) is 0 Å². The summed E-state index contributed by atoms with van der Waals surface area (Å²) in [7, 11) is 0. The third-order valence-corrected chi connectivity index (χ3v) is 3.36. The molecular weight excluding hydrogens is 220 g/mol. The maximum absolute atomic E-state index is 13.0. The third-order valence-electron chi connectivity index (χ3n) is 3.36. The minimum atomic E-state index is -2.40. The Balaban J connectivity index is 2.16. The van der Waals surface area contributed by atoms with E-state index in [0.717, 1.165) is 32.4 Å². The summed E-state index contributed by atoms with van der Waals surface area (Å²) < 4.78 is 26.0. The van der Waals surface area contributed by atoms with E-state index in [2.05, 4.69) is 25.2 Å². The Hall–Kier alpha value is -0.440. The van der Waals surface area contributed by atoms with Crippen LogP contribution >= 0.6 is 0 Å². The molecule has 1 unspecified atom stereocenters. The fourth-order valence-electron chi connectivity index (χ4n) is 2.48. The molecule has 1 nitrogen and oxygen atoms in total. The lowest BCUT2D eigenvalue weighted by atomic mass is 9.98. The zero-order valence-corrected chi connectivity index (χ0v) is 11.1. The van der Waals surface area contributed by atoms with Gasteiger partial charge in [-0.15, -0.1) is 0 Å². The summed E-state index contributed by atoms with van der Waals surface area (Å²) in [5.41, 5.74) is 1.27. The van der Waals surface area contributed by atoms with Crippen molar-refractivity contribution in [3.63, 3.8) is 0 Å². The molecule has 0 heterocycles. The monoisotopic (exact) mass is 245 g/mol. The standard InChI is InChI=1S/C14H25F2N/c1-3-8-17-9-4-5-12(2)10-13-6-7-14(15,16)11-13/h5,13,17H,3-4,6-11H2,1-2H3/b12-5-. The molecular formula is C14H25F2N. The van der Waals surface area contributed by atoms with Crippen molar-refractivity contribution in [1.82, 2.24) is 5.32 Å². The van der Waals surface area contributed by atoms with E-state index >= 15 is 0 Å². The number of alkyl halides is 2. The van der Waals surface area contributed by atoms with Crippen LogP contribution in [0, 0.1) is 5.92 Å². The summed E-state index contributed by atoms with van der Waals surface area (Å²) in [5, 5.41) is 3.33. The molecule has 1 aliphatic carbocycles. The van der Waals surface area contributed by atoms with Gasteiger partial charge in [0.15, 0.2) is 0 Å². The number of hydrogen-bond acceptors (Lipinski definition) is 1.